The lowest BCUT2D eigenvalue weighted by Crippen LogP contribution is -2.05. The minimum Gasteiger partial charge on any atom is -0.384 e. The quantitative estimate of drug-likeness (QED) is 0.582. The first-order valence-electron chi connectivity index (χ1n) is 7.96. The predicted molar refractivity (Wildman–Crippen MR) is 98.4 cm³/mol. The Bertz CT molecular complexity index is 457. The summed E-state index contributed by atoms with van der Waals surface area (Å²) in [6, 6.07) is 4.82. The zero-order valence-electron chi connectivity index (χ0n) is 14.8. The molecule has 1 nitrogen and oxygen atoms in total. The molecule has 0 saturated carbocycles. The minimum atomic E-state index is 0.00595. The molecule has 0 aliphatic heterocycles. The van der Waals surface area contributed by atoms with E-state index < -0.39 is 0 Å². The van der Waals surface area contributed by atoms with Gasteiger partial charge in [0.15, 0.2) is 0 Å². The molecule has 0 radical (unpaired) electrons. The normalized spacial score (nSPS) is 13.4. The number of ether oxygens (including phenoxy) is 1. The Balaban J connectivity index is 3.46. The average Bonchev–Trinajstić information content (AvgIpc) is 2.42. The molecule has 0 spiro atoms. The summed E-state index contributed by atoms with van der Waals surface area (Å²) in [6.07, 6.45) is 0. The molecular weight excluding hydrogens is 276 g/mol. The van der Waals surface area contributed by atoms with Gasteiger partial charge in [0.25, 0.3) is 0 Å². The van der Waals surface area contributed by atoms with Crippen LogP contribution in [0.1, 0.15) is 76.0 Å². The van der Waals surface area contributed by atoms with Crippen LogP contribution >= 0.6 is 10.5 Å². The summed E-state index contributed by atoms with van der Waals surface area (Å²) in [4.78, 5) is 1.49. The monoisotopic (exact) mass is 308 g/mol. The Kier molecular flexibility index (Phi) is 7.15. The van der Waals surface area contributed by atoms with Crippen LogP contribution in [-0.2, 0) is 4.74 Å². The molecule has 0 fully saturated rings. The van der Waals surface area contributed by atoms with E-state index in [2.05, 4.69) is 59.5 Å². The average molecular weight is 309 g/mol. The van der Waals surface area contributed by atoms with Gasteiger partial charge in [-0.1, -0.05) is 59.5 Å². The molecule has 21 heavy (non-hydrogen) atoms. The van der Waals surface area contributed by atoms with Crippen molar-refractivity contribution < 1.29 is 4.74 Å². The maximum Gasteiger partial charge on any atom is 0.0551 e. The van der Waals surface area contributed by atoms with Gasteiger partial charge in [0.05, 0.1) is 6.61 Å². The summed E-state index contributed by atoms with van der Waals surface area (Å²) in [5.74, 6) is 7.11. The summed E-state index contributed by atoms with van der Waals surface area (Å²) >= 11 is 0. The number of hydrogen-bond donors (Lipinski definition) is 0. The maximum absolute atomic E-state index is 5.26. The molecule has 0 saturated heterocycles. The van der Waals surface area contributed by atoms with Gasteiger partial charge in [0, 0.05) is 17.8 Å². The van der Waals surface area contributed by atoms with Crippen molar-refractivity contribution in [1.82, 2.24) is 0 Å². The summed E-state index contributed by atoms with van der Waals surface area (Å²) in [5, 5.41) is 0. The zero-order chi connectivity index (χ0) is 16.2. The van der Waals surface area contributed by atoms with Crippen LogP contribution in [-0.4, -0.2) is 25.3 Å². The molecule has 0 bridgehead atoms. The van der Waals surface area contributed by atoms with Crippen molar-refractivity contribution in [2.45, 2.75) is 64.2 Å². The van der Waals surface area contributed by atoms with Gasteiger partial charge in [0.1, 0.15) is 0 Å². The number of rotatable bonds is 7. The summed E-state index contributed by atoms with van der Waals surface area (Å²) in [7, 11) is 1.78. The van der Waals surface area contributed by atoms with Crippen LogP contribution < -0.4 is 0 Å². The molecule has 0 amide bonds. The van der Waals surface area contributed by atoms with E-state index in [1.807, 2.05) is 0 Å². The molecule has 0 aliphatic rings. The third-order valence-corrected chi connectivity index (χ3v) is 5.61. The summed E-state index contributed by atoms with van der Waals surface area (Å²) in [5.41, 5.74) is 4.42. The fourth-order valence-electron chi connectivity index (χ4n) is 2.51. The van der Waals surface area contributed by atoms with E-state index >= 15 is 0 Å². The molecule has 120 valence electrons. The molecule has 0 aliphatic carbocycles. The second-order valence-electron chi connectivity index (χ2n) is 6.68. The van der Waals surface area contributed by atoms with Crippen LogP contribution in [0.15, 0.2) is 17.0 Å². The highest BCUT2D eigenvalue weighted by molar-refractivity contribution is 8.14. The number of hydrogen-bond acceptors (Lipinski definition) is 1. The van der Waals surface area contributed by atoms with Crippen molar-refractivity contribution in [3.05, 3.63) is 28.8 Å². The van der Waals surface area contributed by atoms with Crippen LogP contribution in [0, 0.1) is 0 Å². The van der Waals surface area contributed by atoms with Crippen molar-refractivity contribution in [3.8, 4) is 0 Å². The molecule has 2 heteroatoms. The first-order valence-corrected chi connectivity index (χ1v) is 9.53. The van der Waals surface area contributed by atoms with E-state index in [9.17, 15) is 0 Å². The molecule has 1 unspecified atom stereocenters. The lowest BCUT2D eigenvalue weighted by molar-refractivity contribution is 0.218. The third-order valence-electron chi connectivity index (χ3n) is 3.90. The maximum atomic E-state index is 5.26. The topological polar surface area (TPSA) is 9.23 Å². The smallest absolute Gasteiger partial charge is 0.0551 e. The van der Waals surface area contributed by atoms with Gasteiger partial charge < -0.3 is 4.74 Å². The van der Waals surface area contributed by atoms with E-state index in [0.717, 1.165) is 12.4 Å². The van der Waals surface area contributed by atoms with Gasteiger partial charge in [-0.15, -0.1) is 0 Å². The predicted octanol–water partition coefficient (Wildman–Crippen LogP) is 5.76. The molecule has 0 aromatic heterocycles. The van der Waals surface area contributed by atoms with Gasteiger partial charge >= 0.3 is 0 Å². The number of methoxy groups -OCH3 is 1. The highest BCUT2D eigenvalue weighted by atomic mass is 32.2. The molecular formula is C19H32OS. The highest BCUT2D eigenvalue weighted by Crippen LogP contribution is 2.40. The second-order valence-corrected chi connectivity index (χ2v) is 8.48. The molecule has 1 aromatic rings. The summed E-state index contributed by atoms with van der Waals surface area (Å²) in [6.45, 7) is 14.5. The van der Waals surface area contributed by atoms with E-state index in [4.69, 9.17) is 4.74 Å². The van der Waals surface area contributed by atoms with Crippen molar-refractivity contribution in [2.75, 3.05) is 19.5 Å². The van der Waals surface area contributed by atoms with Crippen molar-refractivity contribution in [3.63, 3.8) is 0 Å². The zero-order valence-corrected chi connectivity index (χ0v) is 15.6. The minimum absolute atomic E-state index is 0.00595. The van der Waals surface area contributed by atoms with Gasteiger partial charge in [0.2, 0.25) is 0 Å². The molecule has 0 heterocycles. The van der Waals surface area contributed by atoms with Crippen molar-refractivity contribution in [2.24, 2.45) is 0 Å². The van der Waals surface area contributed by atoms with E-state index in [0.29, 0.717) is 17.8 Å². The van der Waals surface area contributed by atoms with Crippen LogP contribution in [0.4, 0.5) is 0 Å². The fraction of sp³-hybridized carbons (Fsp3) is 0.632. The van der Waals surface area contributed by atoms with E-state index in [-0.39, 0.29) is 10.5 Å². The third kappa shape index (κ3) is 4.69. The Morgan fingerprint density at radius 1 is 0.952 bits per heavy atom. The summed E-state index contributed by atoms with van der Waals surface area (Å²) < 4.78 is 5.26. The largest absolute Gasteiger partial charge is 0.384 e. The van der Waals surface area contributed by atoms with E-state index in [1.54, 1.807) is 7.11 Å². The first-order chi connectivity index (χ1) is 9.79. The standard InChI is InChI=1S/C19H32OS/c1-13(2)16-11-17(14(3)4)19(18(12-16)15(5)6)21(8)10-9-20-7/h11-15H,8-10H2,1-7H3. The van der Waals surface area contributed by atoms with Crippen LogP contribution in [0.5, 0.6) is 0 Å². The SMILES string of the molecule is C=S(CCOC)c1c(C(C)C)cc(C(C)C)cc1C(C)C. The first kappa shape index (κ1) is 18.4. The van der Waals surface area contributed by atoms with Crippen molar-refractivity contribution >= 4 is 16.4 Å². The van der Waals surface area contributed by atoms with Crippen LogP contribution in [0.2, 0.25) is 0 Å². The Morgan fingerprint density at radius 2 is 1.43 bits per heavy atom. The molecule has 1 rings (SSSR count). The van der Waals surface area contributed by atoms with Gasteiger partial charge in [-0.25, -0.2) is 0 Å². The molecule has 1 aromatic carbocycles. The van der Waals surface area contributed by atoms with Crippen LogP contribution in [0.25, 0.3) is 0 Å². The Hall–Kier alpha value is -0.600. The van der Waals surface area contributed by atoms with Crippen LogP contribution in [0.3, 0.4) is 0 Å². The van der Waals surface area contributed by atoms with Gasteiger partial charge in [-0.05, 0) is 34.4 Å². The van der Waals surface area contributed by atoms with Crippen molar-refractivity contribution in [1.29, 1.82) is 0 Å². The van der Waals surface area contributed by atoms with Gasteiger partial charge in [-0.3, -0.25) is 0 Å². The fourth-order valence-corrected chi connectivity index (χ4v) is 4.34. The van der Waals surface area contributed by atoms with Gasteiger partial charge in [-0.2, -0.15) is 10.5 Å². The highest BCUT2D eigenvalue weighted by Gasteiger charge is 2.18. The lowest BCUT2D eigenvalue weighted by atomic mass is 9.89. The lowest BCUT2D eigenvalue weighted by Gasteiger charge is -2.24. The number of benzene rings is 1. The van der Waals surface area contributed by atoms with E-state index in [1.165, 1.54) is 21.6 Å². The Morgan fingerprint density at radius 3 is 1.76 bits per heavy atom. The molecule has 1 atom stereocenters. The second kappa shape index (κ2) is 8.14. The Labute approximate surface area is 134 Å². The molecule has 0 N–H and O–H groups in total.